The molecule has 0 N–H and O–H groups in total. The second-order valence-electron chi connectivity index (χ2n) is 5.54. The lowest BCUT2D eigenvalue weighted by molar-refractivity contribution is -0.121. The van der Waals surface area contributed by atoms with E-state index >= 15 is 0 Å². The molecule has 1 aromatic heterocycles. The van der Waals surface area contributed by atoms with Crippen LogP contribution in [-0.4, -0.2) is 55.7 Å². The number of methoxy groups -OCH3 is 1. The van der Waals surface area contributed by atoms with Crippen LogP contribution in [0.25, 0.3) is 0 Å². The molecule has 0 spiro atoms. The molecule has 1 aliphatic rings. The molecule has 1 aliphatic heterocycles. The molecule has 6 nitrogen and oxygen atoms in total. The molecule has 1 fully saturated rings. The van der Waals surface area contributed by atoms with Crippen LogP contribution in [0, 0.1) is 0 Å². The number of pyridine rings is 1. The fourth-order valence-corrected chi connectivity index (χ4v) is 2.67. The lowest BCUT2D eigenvalue weighted by atomic mass is 10.2. The van der Waals surface area contributed by atoms with E-state index in [0.717, 1.165) is 24.5 Å². The van der Waals surface area contributed by atoms with Gasteiger partial charge in [0.1, 0.15) is 12.4 Å². The summed E-state index contributed by atoms with van der Waals surface area (Å²) in [6.07, 6.45) is 1.65. The van der Waals surface area contributed by atoms with E-state index < -0.39 is 0 Å². The maximum atomic E-state index is 12.4. The monoisotopic (exact) mass is 327 g/mol. The van der Waals surface area contributed by atoms with Crippen LogP contribution in [0.3, 0.4) is 0 Å². The van der Waals surface area contributed by atoms with Crippen LogP contribution in [0.4, 0.5) is 5.69 Å². The summed E-state index contributed by atoms with van der Waals surface area (Å²) in [5, 5.41) is 0. The SMILES string of the molecule is COc1cc(N2CCN(CCOc3ccccc3)CC2=O)ccn1. The third kappa shape index (κ3) is 4.02. The Bertz CT molecular complexity index is 678. The summed E-state index contributed by atoms with van der Waals surface area (Å²) in [7, 11) is 1.57. The number of benzene rings is 1. The normalized spacial score (nSPS) is 15.4. The van der Waals surface area contributed by atoms with Crippen molar-refractivity contribution in [2.45, 2.75) is 0 Å². The van der Waals surface area contributed by atoms with E-state index in [4.69, 9.17) is 9.47 Å². The van der Waals surface area contributed by atoms with E-state index in [1.807, 2.05) is 36.4 Å². The van der Waals surface area contributed by atoms with Gasteiger partial charge in [-0.25, -0.2) is 4.98 Å². The molecular weight excluding hydrogens is 306 g/mol. The second-order valence-corrected chi connectivity index (χ2v) is 5.54. The van der Waals surface area contributed by atoms with E-state index in [1.54, 1.807) is 24.3 Å². The van der Waals surface area contributed by atoms with Crippen molar-refractivity contribution in [3.8, 4) is 11.6 Å². The van der Waals surface area contributed by atoms with E-state index in [2.05, 4.69) is 9.88 Å². The van der Waals surface area contributed by atoms with Crippen LogP contribution in [0.2, 0.25) is 0 Å². The molecule has 2 aromatic rings. The first kappa shape index (κ1) is 16.3. The molecule has 6 heteroatoms. The minimum Gasteiger partial charge on any atom is -0.492 e. The van der Waals surface area contributed by atoms with Gasteiger partial charge in [-0.1, -0.05) is 18.2 Å². The van der Waals surface area contributed by atoms with Crippen molar-refractivity contribution < 1.29 is 14.3 Å². The van der Waals surface area contributed by atoms with Crippen LogP contribution >= 0.6 is 0 Å². The van der Waals surface area contributed by atoms with Gasteiger partial charge >= 0.3 is 0 Å². The largest absolute Gasteiger partial charge is 0.492 e. The smallest absolute Gasteiger partial charge is 0.241 e. The van der Waals surface area contributed by atoms with Crippen LogP contribution in [0.15, 0.2) is 48.7 Å². The van der Waals surface area contributed by atoms with E-state index in [1.165, 1.54) is 0 Å². The average Bonchev–Trinajstić information content (AvgIpc) is 2.63. The zero-order valence-corrected chi connectivity index (χ0v) is 13.7. The average molecular weight is 327 g/mol. The molecule has 24 heavy (non-hydrogen) atoms. The molecule has 2 heterocycles. The van der Waals surface area contributed by atoms with Crippen LogP contribution < -0.4 is 14.4 Å². The summed E-state index contributed by atoms with van der Waals surface area (Å²) in [6, 6.07) is 13.3. The number of hydrogen-bond acceptors (Lipinski definition) is 5. The maximum absolute atomic E-state index is 12.4. The van der Waals surface area contributed by atoms with Crippen molar-refractivity contribution in [2.24, 2.45) is 0 Å². The van der Waals surface area contributed by atoms with Gasteiger partial charge in [0.25, 0.3) is 0 Å². The lowest BCUT2D eigenvalue weighted by Crippen LogP contribution is -2.51. The number of amides is 1. The van der Waals surface area contributed by atoms with E-state index in [9.17, 15) is 4.79 Å². The highest BCUT2D eigenvalue weighted by molar-refractivity contribution is 5.95. The Morgan fingerprint density at radius 2 is 2.00 bits per heavy atom. The minimum atomic E-state index is 0.0780. The predicted octanol–water partition coefficient (Wildman–Crippen LogP) is 1.82. The fourth-order valence-electron chi connectivity index (χ4n) is 2.67. The number of piperazine rings is 1. The molecule has 1 amide bonds. The molecular formula is C18H21N3O3. The summed E-state index contributed by atoms with van der Waals surface area (Å²) in [4.78, 5) is 20.4. The number of nitrogens with zero attached hydrogens (tertiary/aromatic N) is 3. The van der Waals surface area contributed by atoms with Crippen molar-refractivity contribution in [3.05, 3.63) is 48.7 Å². The standard InChI is InChI=1S/C18H21N3O3/c1-23-17-13-15(7-8-19-17)21-10-9-20(14-18(21)22)11-12-24-16-5-3-2-4-6-16/h2-8,13H,9-12,14H2,1H3. The van der Waals surface area contributed by atoms with Crippen molar-refractivity contribution in [1.82, 2.24) is 9.88 Å². The van der Waals surface area contributed by atoms with Crippen molar-refractivity contribution in [2.75, 3.05) is 44.8 Å². The molecule has 1 saturated heterocycles. The number of para-hydroxylation sites is 1. The number of carbonyl (C=O) groups excluding carboxylic acids is 1. The van der Waals surface area contributed by atoms with E-state index in [-0.39, 0.29) is 5.91 Å². The van der Waals surface area contributed by atoms with Gasteiger partial charge in [0.05, 0.1) is 19.3 Å². The number of ether oxygens (including phenoxy) is 2. The summed E-state index contributed by atoms with van der Waals surface area (Å²) < 4.78 is 10.8. The zero-order chi connectivity index (χ0) is 16.8. The van der Waals surface area contributed by atoms with Crippen LogP contribution in [-0.2, 0) is 4.79 Å². The Kier molecular flexibility index (Phi) is 5.28. The van der Waals surface area contributed by atoms with Gasteiger partial charge in [0, 0.05) is 31.9 Å². The molecule has 0 atom stereocenters. The molecule has 1 aromatic carbocycles. The molecule has 0 saturated carbocycles. The first-order valence-corrected chi connectivity index (χ1v) is 7.97. The maximum Gasteiger partial charge on any atom is 0.241 e. The molecule has 126 valence electrons. The van der Waals surface area contributed by atoms with Gasteiger partial charge in [-0.2, -0.15) is 0 Å². The number of aromatic nitrogens is 1. The highest BCUT2D eigenvalue weighted by atomic mass is 16.5. The molecule has 3 rings (SSSR count). The third-order valence-corrected chi connectivity index (χ3v) is 3.96. The van der Waals surface area contributed by atoms with Gasteiger partial charge in [-0.05, 0) is 18.2 Å². The first-order valence-electron chi connectivity index (χ1n) is 7.97. The third-order valence-electron chi connectivity index (χ3n) is 3.96. The Morgan fingerprint density at radius 1 is 1.17 bits per heavy atom. The number of hydrogen-bond donors (Lipinski definition) is 0. The summed E-state index contributed by atoms with van der Waals surface area (Å²) >= 11 is 0. The highest BCUT2D eigenvalue weighted by Crippen LogP contribution is 2.20. The van der Waals surface area contributed by atoms with Gasteiger partial charge in [0.2, 0.25) is 11.8 Å². The molecule has 0 aliphatic carbocycles. The predicted molar refractivity (Wildman–Crippen MR) is 91.5 cm³/mol. The van der Waals surface area contributed by atoms with Crippen molar-refractivity contribution in [1.29, 1.82) is 0 Å². The zero-order valence-electron chi connectivity index (χ0n) is 13.7. The fraction of sp³-hybridized carbons (Fsp3) is 0.333. The topological polar surface area (TPSA) is 54.9 Å². The summed E-state index contributed by atoms with van der Waals surface area (Å²) in [5.74, 6) is 1.44. The van der Waals surface area contributed by atoms with Crippen LogP contribution in [0.5, 0.6) is 11.6 Å². The number of anilines is 1. The highest BCUT2D eigenvalue weighted by Gasteiger charge is 2.25. The van der Waals surface area contributed by atoms with Crippen LogP contribution in [0.1, 0.15) is 0 Å². The number of carbonyl (C=O) groups is 1. The lowest BCUT2D eigenvalue weighted by Gasteiger charge is -2.34. The summed E-state index contributed by atoms with van der Waals surface area (Å²) in [5.41, 5.74) is 0.826. The number of rotatable bonds is 6. The Balaban J connectivity index is 1.50. The van der Waals surface area contributed by atoms with Gasteiger partial charge < -0.3 is 14.4 Å². The second kappa shape index (κ2) is 7.79. The Labute approximate surface area is 141 Å². The minimum absolute atomic E-state index is 0.0780. The van der Waals surface area contributed by atoms with E-state index in [0.29, 0.717) is 25.6 Å². The van der Waals surface area contributed by atoms with Gasteiger partial charge in [-0.15, -0.1) is 0 Å². The molecule has 0 unspecified atom stereocenters. The quantitative estimate of drug-likeness (QED) is 0.810. The summed E-state index contributed by atoms with van der Waals surface area (Å²) in [6.45, 7) is 3.16. The van der Waals surface area contributed by atoms with Crippen molar-refractivity contribution in [3.63, 3.8) is 0 Å². The molecule has 0 radical (unpaired) electrons. The first-order chi connectivity index (χ1) is 11.8. The Morgan fingerprint density at radius 3 is 2.75 bits per heavy atom. The van der Waals surface area contributed by atoms with Gasteiger partial charge in [0.15, 0.2) is 0 Å². The Hall–Kier alpha value is -2.60. The van der Waals surface area contributed by atoms with Gasteiger partial charge in [-0.3, -0.25) is 9.69 Å². The van der Waals surface area contributed by atoms with Crippen molar-refractivity contribution >= 4 is 11.6 Å². The molecule has 0 bridgehead atoms.